The van der Waals surface area contributed by atoms with Crippen LogP contribution in [-0.4, -0.2) is 24.0 Å². The van der Waals surface area contributed by atoms with Crippen molar-refractivity contribution in [3.05, 3.63) is 59.4 Å². The largest absolute Gasteiger partial charge is 0.339 e. The molecule has 1 amide bonds. The van der Waals surface area contributed by atoms with Gasteiger partial charge in [0.05, 0.1) is 17.7 Å². The molecule has 3 fully saturated rings. The van der Waals surface area contributed by atoms with Gasteiger partial charge in [0.15, 0.2) is 0 Å². The maximum atomic E-state index is 13.9. The molecule has 2 N–H and O–H groups in total. The zero-order chi connectivity index (χ0) is 20.9. The summed E-state index contributed by atoms with van der Waals surface area (Å²) in [7, 11) is 0. The van der Waals surface area contributed by atoms with E-state index in [-0.39, 0.29) is 17.5 Å². The maximum absolute atomic E-state index is 13.9. The number of nitrogens with one attached hydrogen (secondary N) is 2. The van der Waals surface area contributed by atoms with Gasteiger partial charge in [0, 0.05) is 12.5 Å². The summed E-state index contributed by atoms with van der Waals surface area (Å²) >= 11 is 0. The van der Waals surface area contributed by atoms with Gasteiger partial charge in [-0.05, 0) is 59.4 Å². The van der Waals surface area contributed by atoms with E-state index in [1.54, 1.807) is 6.07 Å². The smallest absolute Gasteiger partial charge is 0.238 e. The van der Waals surface area contributed by atoms with Crippen molar-refractivity contribution in [2.45, 2.75) is 43.8 Å². The molecule has 2 aromatic carbocycles. The number of carbonyl (C=O) groups is 1. The normalized spacial score (nSPS) is 28.8. The van der Waals surface area contributed by atoms with Crippen molar-refractivity contribution in [2.75, 3.05) is 0 Å². The molecule has 1 heterocycles. The third-order valence-electron chi connectivity index (χ3n) is 7.13. The van der Waals surface area contributed by atoms with E-state index in [0.29, 0.717) is 29.4 Å². The summed E-state index contributed by atoms with van der Waals surface area (Å²) in [6.45, 7) is 0. The summed E-state index contributed by atoms with van der Waals surface area (Å²) < 4.78 is 13.9. The highest BCUT2D eigenvalue weighted by molar-refractivity contribution is 5.84. The lowest BCUT2D eigenvalue weighted by Crippen LogP contribution is -2.51. The van der Waals surface area contributed by atoms with E-state index in [0.717, 1.165) is 17.5 Å². The Labute approximate surface area is 174 Å². The quantitative estimate of drug-likeness (QED) is 0.807. The molecule has 0 radical (unpaired) electrons. The molecular weight excluding hydrogens is 379 g/mol. The Bertz CT molecular complexity index is 1100. The van der Waals surface area contributed by atoms with Crippen LogP contribution < -0.4 is 10.6 Å². The summed E-state index contributed by atoms with van der Waals surface area (Å²) in [6, 6.07) is 15.7. The van der Waals surface area contributed by atoms with Crippen molar-refractivity contribution in [3.63, 3.8) is 0 Å². The lowest BCUT2D eigenvalue weighted by atomic mass is 9.68. The van der Waals surface area contributed by atoms with E-state index >= 15 is 0 Å². The Morgan fingerprint density at radius 2 is 2.00 bits per heavy atom. The van der Waals surface area contributed by atoms with Crippen LogP contribution in [0.3, 0.4) is 0 Å². The molecule has 5 atom stereocenters. The van der Waals surface area contributed by atoms with Gasteiger partial charge in [-0.1, -0.05) is 30.3 Å². The predicted molar refractivity (Wildman–Crippen MR) is 108 cm³/mol. The van der Waals surface area contributed by atoms with Gasteiger partial charge in [0.2, 0.25) is 5.91 Å². The Balaban J connectivity index is 1.22. The van der Waals surface area contributed by atoms with Crippen LogP contribution in [0.4, 0.5) is 4.39 Å². The predicted octanol–water partition coefficient (Wildman–Crippen LogP) is 3.06. The van der Waals surface area contributed by atoms with Crippen LogP contribution >= 0.6 is 0 Å². The van der Waals surface area contributed by atoms with Crippen molar-refractivity contribution >= 4 is 5.91 Å². The molecule has 5 nitrogen and oxygen atoms in total. The van der Waals surface area contributed by atoms with Crippen LogP contribution in [0.2, 0.25) is 0 Å². The number of hydrogen-bond donors (Lipinski definition) is 2. The number of piperidine rings is 1. The molecule has 2 aromatic rings. The van der Waals surface area contributed by atoms with Gasteiger partial charge < -0.3 is 10.6 Å². The van der Waals surface area contributed by atoms with Crippen molar-refractivity contribution in [1.29, 1.82) is 10.5 Å². The third-order valence-corrected chi connectivity index (χ3v) is 7.13. The molecule has 150 valence electrons. The molecule has 2 aliphatic carbocycles. The van der Waals surface area contributed by atoms with E-state index in [1.807, 2.05) is 30.3 Å². The summed E-state index contributed by atoms with van der Waals surface area (Å²) in [5, 5.41) is 24.7. The minimum atomic E-state index is -0.592. The fourth-order valence-electron chi connectivity index (χ4n) is 5.25. The van der Waals surface area contributed by atoms with E-state index in [1.165, 1.54) is 25.0 Å². The fourth-order valence-corrected chi connectivity index (χ4v) is 5.25. The van der Waals surface area contributed by atoms with Gasteiger partial charge in [-0.3, -0.25) is 4.79 Å². The second kappa shape index (κ2) is 6.93. The number of hydrogen-bond acceptors (Lipinski definition) is 4. The number of halogens is 1. The number of benzene rings is 2. The molecule has 6 heteroatoms. The molecule has 1 aliphatic heterocycles. The fraction of sp³-hybridized carbons (Fsp3) is 0.375. The molecule has 0 bridgehead atoms. The molecule has 2 saturated carbocycles. The second-order valence-electron chi connectivity index (χ2n) is 8.68. The van der Waals surface area contributed by atoms with Gasteiger partial charge in [-0.25, -0.2) is 4.39 Å². The summed E-state index contributed by atoms with van der Waals surface area (Å²) in [5.74, 6) is -0.186. The van der Waals surface area contributed by atoms with Gasteiger partial charge in [-0.2, -0.15) is 10.5 Å². The highest BCUT2D eigenvalue weighted by Gasteiger charge is 2.71. The van der Waals surface area contributed by atoms with Crippen molar-refractivity contribution in [3.8, 4) is 23.3 Å². The first kappa shape index (κ1) is 18.8. The Hall–Kier alpha value is -3.22. The number of nitriles is 2. The number of nitrogens with zero attached hydrogens (tertiary/aromatic N) is 2. The monoisotopic (exact) mass is 400 g/mol. The first-order chi connectivity index (χ1) is 14.5. The standard InChI is InChI=1S/C24H21FN4O/c25-20-10-16(5-6-17(20)12-26)15-3-1-14(2-4-15)9-18(13-27)28-23(30)22-19-7-8-24(19)11-21(24)29-22/h1-6,10,18-19,21-22,29H,7-9,11H2,(H,28,30). The molecule has 1 saturated heterocycles. The van der Waals surface area contributed by atoms with Crippen molar-refractivity contribution in [1.82, 2.24) is 10.6 Å². The van der Waals surface area contributed by atoms with Gasteiger partial charge >= 0.3 is 0 Å². The van der Waals surface area contributed by atoms with Crippen molar-refractivity contribution < 1.29 is 9.18 Å². The average molecular weight is 400 g/mol. The zero-order valence-corrected chi connectivity index (χ0v) is 16.4. The second-order valence-corrected chi connectivity index (χ2v) is 8.68. The van der Waals surface area contributed by atoms with Crippen LogP contribution in [0, 0.1) is 39.8 Å². The Kier molecular flexibility index (Phi) is 4.34. The number of rotatable bonds is 5. The Morgan fingerprint density at radius 1 is 1.23 bits per heavy atom. The van der Waals surface area contributed by atoms with Crippen LogP contribution in [0.15, 0.2) is 42.5 Å². The summed E-state index contributed by atoms with van der Waals surface area (Å²) in [5.41, 5.74) is 2.82. The molecule has 0 aromatic heterocycles. The van der Waals surface area contributed by atoms with E-state index < -0.39 is 11.9 Å². The van der Waals surface area contributed by atoms with E-state index in [4.69, 9.17) is 5.26 Å². The van der Waals surface area contributed by atoms with E-state index in [2.05, 4.69) is 16.7 Å². The summed E-state index contributed by atoms with van der Waals surface area (Å²) in [4.78, 5) is 12.7. The average Bonchev–Trinajstić information content (AvgIpc) is 3.44. The molecule has 5 unspecified atom stereocenters. The molecule has 5 rings (SSSR count). The van der Waals surface area contributed by atoms with Gasteiger partial charge in [-0.15, -0.1) is 0 Å². The highest BCUT2D eigenvalue weighted by Crippen LogP contribution is 2.69. The van der Waals surface area contributed by atoms with Gasteiger partial charge in [0.25, 0.3) is 0 Å². The summed E-state index contributed by atoms with van der Waals surface area (Å²) in [6.07, 6.45) is 3.92. The maximum Gasteiger partial charge on any atom is 0.238 e. The topological polar surface area (TPSA) is 88.7 Å². The lowest BCUT2D eigenvalue weighted by Gasteiger charge is -2.37. The number of carbonyl (C=O) groups excluding carboxylic acids is 1. The number of amides is 1. The first-order valence-electron chi connectivity index (χ1n) is 10.3. The lowest BCUT2D eigenvalue weighted by molar-refractivity contribution is -0.125. The van der Waals surface area contributed by atoms with Crippen LogP contribution in [0.1, 0.15) is 30.4 Å². The first-order valence-corrected chi connectivity index (χ1v) is 10.3. The SMILES string of the molecule is N#Cc1ccc(-c2ccc(CC(C#N)NC(=O)C3NC4CC45CCC35)cc2)cc1F. The van der Waals surface area contributed by atoms with E-state index in [9.17, 15) is 14.4 Å². The van der Waals surface area contributed by atoms with Crippen LogP contribution in [0.5, 0.6) is 0 Å². The zero-order valence-electron chi connectivity index (χ0n) is 16.4. The molecule has 3 aliphatic rings. The Morgan fingerprint density at radius 3 is 2.60 bits per heavy atom. The highest BCUT2D eigenvalue weighted by atomic mass is 19.1. The molecule has 1 spiro atoms. The molecular formula is C24H21FN4O. The van der Waals surface area contributed by atoms with Crippen LogP contribution in [-0.2, 0) is 11.2 Å². The van der Waals surface area contributed by atoms with Crippen molar-refractivity contribution in [2.24, 2.45) is 11.3 Å². The van der Waals surface area contributed by atoms with Gasteiger partial charge in [0.1, 0.15) is 17.9 Å². The molecule has 30 heavy (non-hydrogen) atoms. The minimum Gasteiger partial charge on any atom is -0.339 e. The third kappa shape index (κ3) is 2.96. The minimum absolute atomic E-state index is 0.0184. The van der Waals surface area contributed by atoms with Crippen LogP contribution in [0.25, 0.3) is 11.1 Å².